The lowest BCUT2D eigenvalue weighted by molar-refractivity contribution is -0.136. The van der Waals surface area contributed by atoms with E-state index in [4.69, 9.17) is 4.74 Å². The Hall–Kier alpha value is -1.49. The van der Waals surface area contributed by atoms with Gasteiger partial charge in [-0.15, -0.1) is 0 Å². The molecule has 1 aliphatic carbocycles. The highest BCUT2D eigenvalue weighted by Gasteiger charge is 2.37. The van der Waals surface area contributed by atoms with Crippen LogP contribution in [0.25, 0.3) is 0 Å². The molecule has 0 aliphatic heterocycles. The van der Waals surface area contributed by atoms with Gasteiger partial charge >= 0.3 is 0 Å². The molecule has 2 rings (SSSR count). The summed E-state index contributed by atoms with van der Waals surface area (Å²) in [6.07, 6.45) is 1.13. The van der Waals surface area contributed by atoms with Gasteiger partial charge in [0.15, 0.2) is 0 Å². The highest BCUT2D eigenvalue weighted by Crippen LogP contribution is 2.41. The fourth-order valence-electron chi connectivity index (χ4n) is 2.59. The third-order valence-electron chi connectivity index (χ3n) is 3.96. The van der Waals surface area contributed by atoms with E-state index in [1.165, 1.54) is 12.1 Å². The summed E-state index contributed by atoms with van der Waals surface area (Å²) in [4.78, 5) is 12.4. The third kappa shape index (κ3) is 5.90. The van der Waals surface area contributed by atoms with Crippen LogP contribution in [0.2, 0.25) is 0 Å². The van der Waals surface area contributed by atoms with Crippen LogP contribution in [0.5, 0.6) is 0 Å². The first-order valence-corrected chi connectivity index (χ1v) is 8.02. The molecule has 1 N–H and O–H groups in total. The number of hydrogen-bond acceptors (Lipinski definition) is 2. The molecule has 1 amide bonds. The molecule has 0 aromatic heterocycles. The number of nitrogens with one attached hydrogen (secondary N) is 1. The number of hydrogen-bond donors (Lipinski definition) is 1. The molecule has 0 spiro atoms. The first-order valence-electron chi connectivity index (χ1n) is 8.02. The molecule has 128 valence electrons. The summed E-state index contributed by atoms with van der Waals surface area (Å²) in [5.41, 5.74) is 0.0404. The van der Waals surface area contributed by atoms with Crippen molar-refractivity contribution in [2.45, 2.75) is 58.8 Å². The Bertz CT molecular complexity index is 548. The highest BCUT2D eigenvalue weighted by atomic mass is 19.1. The van der Waals surface area contributed by atoms with Gasteiger partial charge in [-0.05, 0) is 63.1 Å². The molecule has 0 heterocycles. The third-order valence-corrected chi connectivity index (χ3v) is 3.96. The summed E-state index contributed by atoms with van der Waals surface area (Å²) in [6.45, 7) is 7.88. The topological polar surface area (TPSA) is 38.3 Å². The molecule has 1 saturated carbocycles. The van der Waals surface area contributed by atoms with Crippen LogP contribution in [0.15, 0.2) is 18.2 Å². The highest BCUT2D eigenvalue weighted by molar-refractivity contribution is 5.81. The van der Waals surface area contributed by atoms with Gasteiger partial charge in [-0.3, -0.25) is 4.79 Å². The maximum atomic E-state index is 13.2. The van der Waals surface area contributed by atoms with Crippen LogP contribution in [-0.4, -0.2) is 17.6 Å². The van der Waals surface area contributed by atoms with Crippen LogP contribution in [0, 0.1) is 23.5 Å². The van der Waals surface area contributed by atoms with Gasteiger partial charge in [0, 0.05) is 11.6 Å². The Kier molecular flexibility index (Phi) is 5.40. The van der Waals surface area contributed by atoms with Gasteiger partial charge in [0.25, 0.3) is 0 Å². The summed E-state index contributed by atoms with van der Waals surface area (Å²) in [5, 5.41) is 2.91. The van der Waals surface area contributed by atoms with Crippen molar-refractivity contribution in [1.82, 2.24) is 5.32 Å². The quantitative estimate of drug-likeness (QED) is 0.864. The van der Waals surface area contributed by atoms with E-state index >= 15 is 0 Å². The molecule has 3 unspecified atom stereocenters. The van der Waals surface area contributed by atoms with Gasteiger partial charge in [0.05, 0.1) is 6.61 Å². The molecule has 1 fully saturated rings. The summed E-state index contributed by atoms with van der Waals surface area (Å²) in [5.74, 6) is -0.371. The first-order chi connectivity index (χ1) is 10.6. The van der Waals surface area contributed by atoms with Gasteiger partial charge in [0.1, 0.15) is 17.7 Å². The number of rotatable bonds is 6. The van der Waals surface area contributed by atoms with E-state index < -0.39 is 17.7 Å². The molecule has 23 heavy (non-hydrogen) atoms. The fourth-order valence-corrected chi connectivity index (χ4v) is 2.59. The molecule has 5 heteroatoms. The van der Waals surface area contributed by atoms with Crippen molar-refractivity contribution in [1.29, 1.82) is 0 Å². The molecular weight excluding hydrogens is 300 g/mol. The Morgan fingerprint density at radius 2 is 1.87 bits per heavy atom. The number of halogens is 2. The van der Waals surface area contributed by atoms with Crippen LogP contribution in [0.4, 0.5) is 8.78 Å². The normalized spacial score (nSPS) is 21.8. The number of amides is 1. The van der Waals surface area contributed by atoms with Gasteiger partial charge < -0.3 is 10.1 Å². The molecule has 0 saturated heterocycles. The zero-order valence-corrected chi connectivity index (χ0v) is 14.2. The second kappa shape index (κ2) is 6.95. The minimum Gasteiger partial charge on any atom is -0.364 e. The molecule has 0 bridgehead atoms. The largest absolute Gasteiger partial charge is 0.364 e. The van der Waals surface area contributed by atoms with Crippen molar-refractivity contribution >= 4 is 5.91 Å². The SMILES string of the molecule is CC1CC1CC(OCc1cc(F)cc(F)c1)C(=O)NC(C)(C)C. The lowest BCUT2D eigenvalue weighted by atomic mass is 10.1. The average Bonchev–Trinajstić information content (AvgIpc) is 3.06. The van der Waals surface area contributed by atoms with Crippen LogP contribution in [0.3, 0.4) is 0 Å². The monoisotopic (exact) mass is 325 g/mol. The first kappa shape index (κ1) is 17.9. The molecule has 1 aromatic carbocycles. The maximum absolute atomic E-state index is 13.2. The van der Waals surface area contributed by atoms with Crippen LogP contribution < -0.4 is 5.32 Å². The van der Waals surface area contributed by atoms with Crippen LogP contribution in [-0.2, 0) is 16.1 Å². The van der Waals surface area contributed by atoms with Gasteiger partial charge in [0.2, 0.25) is 5.91 Å². The van der Waals surface area contributed by atoms with Crippen molar-refractivity contribution in [3.05, 3.63) is 35.4 Å². The van der Waals surface area contributed by atoms with E-state index in [2.05, 4.69) is 12.2 Å². The summed E-state index contributed by atoms with van der Waals surface area (Å²) < 4.78 is 32.2. The number of benzene rings is 1. The Labute approximate surface area is 136 Å². The minimum atomic E-state index is -0.643. The van der Waals surface area contributed by atoms with Crippen molar-refractivity contribution in [2.75, 3.05) is 0 Å². The second-order valence-corrected chi connectivity index (χ2v) is 7.53. The predicted octanol–water partition coefficient (Wildman–Crippen LogP) is 3.81. The van der Waals surface area contributed by atoms with Crippen molar-refractivity contribution in [2.24, 2.45) is 11.8 Å². The molecule has 1 aliphatic rings. The maximum Gasteiger partial charge on any atom is 0.249 e. The van der Waals surface area contributed by atoms with Crippen LogP contribution in [0.1, 0.15) is 46.1 Å². The van der Waals surface area contributed by atoms with Crippen LogP contribution >= 0.6 is 0 Å². The number of carbonyl (C=O) groups is 1. The van der Waals surface area contributed by atoms with Crippen molar-refractivity contribution < 1.29 is 18.3 Å². The Morgan fingerprint density at radius 1 is 1.30 bits per heavy atom. The number of carbonyl (C=O) groups excluding carboxylic acids is 1. The Balaban J connectivity index is 2.00. The molecular formula is C18H25F2NO2. The lowest BCUT2D eigenvalue weighted by Gasteiger charge is -2.25. The minimum absolute atomic E-state index is 0.0119. The zero-order chi connectivity index (χ0) is 17.2. The van der Waals surface area contributed by atoms with Crippen molar-refractivity contribution in [3.63, 3.8) is 0 Å². The van der Waals surface area contributed by atoms with E-state index in [0.717, 1.165) is 12.5 Å². The van der Waals surface area contributed by atoms with E-state index in [0.29, 0.717) is 23.8 Å². The zero-order valence-electron chi connectivity index (χ0n) is 14.2. The van der Waals surface area contributed by atoms with Crippen molar-refractivity contribution in [3.8, 4) is 0 Å². The smallest absolute Gasteiger partial charge is 0.249 e. The van der Waals surface area contributed by atoms with E-state index in [1.54, 1.807) is 0 Å². The van der Waals surface area contributed by atoms with Gasteiger partial charge in [-0.25, -0.2) is 8.78 Å². The molecule has 3 nitrogen and oxygen atoms in total. The second-order valence-electron chi connectivity index (χ2n) is 7.53. The summed E-state index contributed by atoms with van der Waals surface area (Å²) >= 11 is 0. The molecule has 0 radical (unpaired) electrons. The standard InChI is InChI=1S/C18H25F2NO2/c1-11-5-13(11)8-16(17(22)21-18(2,3)4)23-10-12-6-14(19)9-15(20)7-12/h6-7,9,11,13,16H,5,8,10H2,1-4H3,(H,21,22). The predicted molar refractivity (Wildman–Crippen MR) is 84.7 cm³/mol. The van der Waals surface area contributed by atoms with Gasteiger partial charge in [-0.1, -0.05) is 6.92 Å². The molecule has 3 atom stereocenters. The average molecular weight is 325 g/mol. The van der Waals surface area contributed by atoms with E-state index in [9.17, 15) is 13.6 Å². The number of ether oxygens (including phenoxy) is 1. The lowest BCUT2D eigenvalue weighted by Crippen LogP contribution is -2.46. The summed E-state index contributed by atoms with van der Waals surface area (Å²) in [7, 11) is 0. The van der Waals surface area contributed by atoms with E-state index in [-0.39, 0.29) is 18.1 Å². The summed E-state index contributed by atoms with van der Waals surface area (Å²) in [6, 6.07) is 3.27. The fraction of sp³-hybridized carbons (Fsp3) is 0.611. The molecule has 1 aromatic rings. The Morgan fingerprint density at radius 3 is 2.35 bits per heavy atom. The van der Waals surface area contributed by atoms with E-state index in [1.807, 2.05) is 20.8 Å². The van der Waals surface area contributed by atoms with Gasteiger partial charge in [-0.2, -0.15) is 0 Å².